The van der Waals surface area contributed by atoms with Gasteiger partial charge in [0.25, 0.3) is 11.5 Å². The highest BCUT2D eigenvalue weighted by molar-refractivity contribution is 6.91. The molecular weight excluding hydrogens is 757 g/mol. The second kappa shape index (κ2) is 15.1. The van der Waals surface area contributed by atoms with Crippen LogP contribution in [-0.4, -0.2) is 65.5 Å². The summed E-state index contributed by atoms with van der Waals surface area (Å²) in [7, 11) is -0.860. The van der Waals surface area contributed by atoms with Gasteiger partial charge in [-0.2, -0.15) is 9.78 Å². The highest BCUT2D eigenvalue weighted by Crippen LogP contribution is 2.60. The van der Waals surface area contributed by atoms with Crippen LogP contribution in [0.3, 0.4) is 0 Å². The average molecular weight is 805 g/mol. The standard InChI is InChI=1S/C48H48N4O6Si/c1-31-45(59(3,4)39-23-21-38(57-2)22-24-39)43(26-44(54)50-29-35-13-6-5-11-33(35)25-37(50)30-53)58-48(31)41-15-9-10-16-42(41)51(47(48)56)28-32-17-19-36(20-18-32)52-46(55)40-14-8-7-12-34(40)27-49-52/h5-24,27,31,37,43,45,53H,25-26,28-30H2,1-4H3/t31-,37-,43+,45-,48+/m0/s1. The summed E-state index contributed by atoms with van der Waals surface area (Å²) in [6, 6.07) is 38.8. The van der Waals surface area contributed by atoms with E-state index in [1.807, 2.05) is 107 Å². The molecule has 300 valence electrons. The second-order valence-electron chi connectivity index (χ2n) is 16.7. The first-order valence-corrected chi connectivity index (χ1v) is 23.4. The fourth-order valence-corrected chi connectivity index (χ4v) is 14.2. The number of amides is 2. The number of aliphatic hydroxyl groups excluding tert-OH is 1. The third-order valence-corrected chi connectivity index (χ3v) is 17.6. The number of carbonyl (C=O) groups excluding carboxylic acids is 2. The molecule has 0 saturated carbocycles. The molecule has 1 spiro atoms. The van der Waals surface area contributed by atoms with E-state index in [0.717, 1.165) is 39.1 Å². The van der Waals surface area contributed by atoms with Gasteiger partial charge in [0.1, 0.15) is 5.75 Å². The molecule has 1 N–H and O–H groups in total. The van der Waals surface area contributed by atoms with Gasteiger partial charge < -0.3 is 24.4 Å². The molecule has 9 rings (SSSR count). The summed E-state index contributed by atoms with van der Waals surface area (Å²) in [4.78, 5) is 46.9. The van der Waals surface area contributed by atoms with Crippen LogP contribution in [0.2, 0.25) is 18.6 Å². The lowest BCUT2D eigenvalue weighted by molar-refractivity contribution is -0.151. The van der Waals surface area contributed by atoms with Crippen molar-refractivity contribution in [2.45, 2.75) is 69.2 Å². The highest BCUT2D eigenvalue weighted by Gasteiger charge is 2.66. The lowest BCUT2D eigenvalue weighted by Crippen LogP contribution is -2.52. The number of para-hydroxylation sites is 1. The fraction of sp³-hybridized carbons (Fsp3) is 0.292. The van der Waals surface area contributed by atoms with Gasteiger partial charge in [0.2, 0.25) is 5.91 Å². The third kappa shape index (κ3) is 6.39. The van der Waals surface area contributed by atoms with Crippen LogP contribution in [0.1, 0.15) is 35.6 Å². The predicted molar refractivity (Wildman–Crippen MR) is 231 cm³/mol. The van der Waals surface area contributed by atoms with Crippen molar-refractivity contribution in [3.05, 3.63) is 160 Å². The summed E-state index contributed by atoms with van der Waals surface area (Å²) in [5, 5.41) is 17.5. The van der Waals surface area contributed by atoms with E-state index in [1.54, 1.807) is 19.4 Å². The van der Waals surface area contributed by atoms with E-state index in [9.17, 15) is 14.7 Å². The minimum atomic E-state index is -2.51. The Bertz CT molecular complexity index is 2630. The minimum Gasteiger partial charge on any atom is -0.497 e. The van der Waals surface area contributed by atoms with Crippen LogP contribution in [-0.2, 0) is 39.4 Å². The van der Waals surface area contributed by atoms with Crippen molar-refractivity contribution in [1.82, 2.24) is 14.7 Å². The largest absolute Gasteiger partial charge is 0.497 e. The van der Waals surface area contributed by atoms with Crippen molar-refractivity contribution in [3.63, 3.8) is 0 Å². The minimum absolute atomic E-state index is 0.0844. The first kappa shape index (κ1) is 38.6. The summed E-state index contributed by atoms with van der Waals surface area (Å²) in [5.41, 5.74) is 3.67. The van der Waals surface area contributed by atoms with Gasteiger partial charge in [-0.25, -0.2) is 0 Å². The molecule has 1 saturated heterocycles. The van der Waals surface area contributed by atoms with Gasteiger partial charge in [0.15, 0.2) is 5.60 Å². The Kier molecular flexibility index (Phi) is 9.85. The van der Waals surface area contributed by atoms with E-state index in [0.29, 0.717) is 24.0 Å². The Labute approximate surface area is 344 Å². The first-order valence-electron chi connectivity index (χ1n) is 20.3. The van der Waals surface area contributed by atoms with E-state index in [4.69, 9.17) is 9.47 Å². The molecule has 6 aromatic rings. The smallest absolute Gasteiger partial charge is 0.279 e. The number of carbonyl (C=O) groups is 2. The molecule has 2 amide bonds. The first-order chi connectivity index (χ1) is 28.5. The van der Waals surface area contributed by atoms with E-state index in [2.05, 4.69) is 43.3 Å². The number of anilines is 1. The number of nitrogens with zero attached hydrogens (tertiary/aromatic N) is 4. The molecule has 0 aliphatic carbocycles. The molecule has 0 radical (unpaired) electrons. The van der Waals surface area contributed by atoms with Crippen LogP contribution in [0.4, 0.5) is 5.69 Å². The van der Waals surface area contributed by atoms with Crippen LogP contribution in [0, 0.1) is 5.92 Å². The van der Waals surface area contributed by atoms with Gasteiger partial charge in [-0.3, -0.25) is 14.4 Å². The zero-order chi connectivity index (χ0) is 41.1. The van der Waals surface area contributed by atoms with Gasteiger partial charge in [-0.05, 0) is 65.1 Å². The zero-order valence-corrected chi connectivity index (χ0v) is 34.7. The summed E-state index contributed by atoms with van der Waals surface area (Å²) in [6.45, 7) is 7.30. The van der Waals surface area contributed by atoms with Crippen molar-refractivity contribution in [2.75, 3.05) is 18.6 Å². The normalized spacial score (nSPS) is 22.5. The van der Waals surface area contributed by atoms with Crippen LogP contribution in [0.25, 0.3) is 16.5 Å². The Balaban J connectivity index is 1.06. The van der Waals surface area contributed by atoms with Crippen molar-refractivity contribution < 1.29 is 24.2 Å². The molecule has 4 heterocycles. The molecule has 11 heteroatoms. The molecule has 3 aliphatic rings. The monoisotopic (exact) mass is 804 g/mol. The van der Waals surface area contributed by atoms with Crippen LogP contribution in [0.5, 0.6) is 5.75 Å². The quantitative estimate of drug-likeness (QED) is 0.166. The molecule has 1 aromatic heterocycles. The Morgan fingerprint density at radius 1 is 0.898 bits per heavy atom. The van der Waals surface area contributed by atoms with E-state index in [-0.39, 0.29) is 54.4 Å². The van der Waals surface area contributed by atoms with Gasteiger partial charge in [-0.1, -0.05) is 110 Å². The van der Waals surface area contributed by atoms with Crippen molar-refractivity contribution in [2.24, 2.45) is 5.92 Å². The van der Waals surface area contributed by atoms with E-state index in [1.165, 1.54) is 9.87 Å². The Morgan fingerprint density at radius 2 is 1.59 bits per heavy atom. The number of benzene rings is 5. The van der Waals surface area contributed by atoms with Gasteiger partial charge >= 0.3 is 0 Å². The Morgan fingerprint density at radius 3 is 2.34 bits per heavy atom. The predicted octanol–water partition coefficient (Wildman–Crippen LogP) is 6.49. The number of hydrogen-bond acceptors (Lipinski definition) is 7. The number of aromatic nitrogens is 2. The third-order valence-electron chi connectivity index (χ3n) is 13.2. The van der Waals surface area contributed by atoms with Crippen molar-refractivity contribution in [1.29, 1.82) is 0 Å². The number of hydrogen-bond donors (Lipinski definition) is 1. The van der Waals surface area contributed by atoms with Crippen LogP contribution in [0.15, 0.2) is 132 Å². The maximum Gasteiger partial charge on any atom is 0.279 e. The van der Waals surface area contributed by atoms with Gasteiger partial charge in [0.05, 0.1) is 69.9 Å². The van der Waals surface area contributed by atoms with Crippen LogP contribution < -0.4 is 20.4 Å². The Hall–Kier alpha value is -5.88. The fourth-order valence-electron chi connectivity index (χ4n) is 10.2. The number of aliphatic hydroxyl groups is 1. The summed E-state index contributed by atoms with van der Waals surface area (Å²) in [6.07, 6.45) is 1.79. The topological polar surface area (TPSA) is 114 Å². The lowest BCUT2D eigenvalue weighted by atomic mass is 9.82. The number of rotatable bonds is 9. The zero-order valence-electron chi connectivity index (χ0n) is 33.7. The molecule has 10 nitrogen and oxygen atoms in total. The molecule has 5 atom stereocenters. The van der Waals surface area contributed by atoms with E-state index < -0.39 is 19.8 Å². The number of methoxy groups -OCH3 is 1. The van der Waals surface area contributed by atoms with Crippen molar-refractivity contribution in [3.8, 4) is 11.4 Å². The lowest BCUT2D eigenvalue weighted by Gasteiger charge is -2.39. The van der Waals surface area contributed by atoms with Gasteiger partial charge in [0, 0.05) is 23.4 Å². The maximum atomic E-state index is 15.3. The summed E-state index contributed by atoms with van der Waals surface area (Å²) >= 11 is 0. The maximum absolute atomic E-state index is 15.3. The molecule has 0 unspecified atom stereocenters. The summed E-state index contributed by atoms with van der Waals surface area (Å²) < 4.78 is 14.2. The SMILES string of the molecule is COc1ccc([Si](C)(C)[C@@H]2[C@@H](CC(=O)N3Cc4ccccc4C[C@H]3CO)O[C@]3(C(=O)N(Cc4ccc(-n5ncc6ccccc6c5=O)cc4)c4ccccc43)[C@H]2C)cc1. The second-order valence-corrected chi connectivity index (χ2v) is 21.4. The highest BCUT2D eigenvalue weighted by atomic mass is 28.3. The molecule has 59 heavy (non-hydrogen) atoms. The summed E-state index contributed by atoms with van der Waals surface area (Å²) in [5.74, 6) is 0.240. The molecule has 1 fully saturated rings. The molecule has 5 aromatic carbocycles. The van der Waals surface area contributed by atoms with E-state index >= 15 is 4.79 Å². The molecule has 0 bridgehead atoms. The number of ether oxygens (including phenoxy) is 2. The van der Waals surface area contributed by atoms with Crippen LogP contribution >= 0.6 is 0 Å². The molecular formula is C48H48N4O6Si. The van der Waals surface area contributed by atoms with Crippen molar-refractivity contribution >= 4 is 41.5 Å². The average Bonchev–Trinajstić information content (AvgIpc) is 3.69. The molecule has 3 aliphatic heterocycles. The number of fused-ring (bicyclic) bond motifs is 4. The van der Waals surface area contributed by atoms with Gasteiger partial charge in [-0.15, -0.1) is 0 Å².